The van der Waals surface area contributed by atoms with Crippen LogP contribution in [0.3, 0.4) is 0 Å². The van der Waals surface area contributed by atoms with Gasteiger partial charge in [-0.1, -0.05) is 18.2 Å². The number of sulfonamides is 2. The van der Waals surface area contributed by atoms with Crippen LogP contribution >= 0.6 is 0 Å². The van der Waals surface area contributed by atoms with Gasteiger partial charge in [0.05, 0.1) is 36.2 Å². The van der Waals surface area contributed by atoms with Crippen molar-refractivity contribution >= 4 is 31.6 Å². The van der Waals surface area contributed by atoms with E-state index in [-0.39, 0.29) is 28.7 Å². The highest BCUT2D eigenvalue weighted by Crippen LogP contribution is 2.32. The molecule has 39 heavy (non-hydrogen) atoms. The molecule has 11 nitrogen and oxygen atoms in total. The first kappa shape index (κ1) is 29.7. The molecule has 1 N–H and O–H groups in total. The lowest BCUT2D eigenvalue weighted by molar-refractivity contribution is -0.119. The third-order valence-corrected chi connectivity index (χ3v) is 9.17. The number of amides is 1. The summed E-state index contributed by atoms with van der Waals surface area (Å²) in [6, 6.07) is 18.4. The molecule has 3 aromatic carbocycles. The van der Waals surface area contributed by atoms with Gasteiger partial charge in [0.15, 0.2) is 11.5 Å². The molecule has 3 aromatic rings. The van der Waals surface area contributed by atoms with Crippen molar-refractivity contribution in [1.82, 2.24) is 9.62 Å². The standard InChI is InChI=1S/C26H31N3O8S2/c1-28(2)38(31,32)22-12-10-21(11-13-22)37-17-16-27-26(30)19-29(20-8-6-5-7-9-20)39(33,34)23-14-15-24(35-3)25(18-23)36-4/h5-15,18H,16-17,19H2,1-4H3,(H,27,30). The van der Waals surface area contributed by atoms with Crippen molar-refractivity contribution in [3.05, 3.63) is 72.8 Å². The second kappa shape index (κ2) is 12.8. The summed E-state index contributed by atoms with van der Waals surface area (Å²) in [6.45, 7) is -0.299. The van der Waals surface area contributed by atoms with E-state index in [0.29, 0.717) is 17.2 Å². The number of nitrogens with zero attached hydrogens (tertiary/aromatic N) is 2. The van der Waals surface area contributed by atoms with Crippen molar-refractivity contribution in [3.8, 4) is 17.2 Å². The summed E-state index contributed by atoms with van der Waals surface area (Å²) in [4.78, 5) is 12.8. The first-order chi connectivity index (χ1) is 18.5. The fourth-order valence-electron chi connectivity index (χ4n) is 3.48. The van der Waals surface area contributed by atoms with Gasteiger partial charge in [-0.3, -0.25) is 9.10 Å². The number of hydrogen-bond acceptors (Lipinski definition) is 8. The van der Waals surface area contributed by atoms with E-state index in [1.54, 1.807) is 30.3 Å². The van der Waals surface area contributed by atoms with Crippen molar-refractivity contribution in [3.63, 3.8) is 0 Å². The number of rotatable bonds is 13. The van der Waals surface area contributed by atoms with E-state index in [4.69, 9.17) is 14.2 Å². The number of nitrogens with one attached hydrogen (secondary N) is 1. The fraction of sp³-hybridized carbons (Fsp3) is 0.269. The molecule has 0 spiro atoms. The SMILES string of the molecule is COc1ccc(S(=O)(=O)N(CC(=O)NCCOc2ccc(S(=O)(=O)N(C)C)cc2)c2ccccc2)cc1OC. The molecule has 0 unspecified atom stereocenters. The number of carbonyl (C=O) groups excluding carboxylic acids is 1. The molecule has 1 amide bonds. The highest BCUT2D eigenvalue weighted by Gasteiger charge is 2.28. The molecule has 210 valence electrons. The van der Waals surface area contributed by atoms with Gasteiger partial charge in [-0.25, -0.2) is 21.1 Å². The zero-order chi connectivity index (χ0) is 28.6. The van der Waals surface area contributed by atoms with Gasteiger partial charge in [0.25, 0.3) is 10.0 Å². The highest BCUT2D eigenvalue weighted by molar-refractivity contribution is 7.92. The summed E-state index contributed by atoms with van der Waals surface area (Å²) in [5.74, 6) is 0.484. The van der Waals surface area contributed by atoms with Crippen LogP contribution in [0.4, 0.5) is 5.69 Å². The number of ether oxygens (including phenoxy) is 3. The molecule has 0 bridgehead atoms. The molecule has 0 atom stereocenters. The minimum atomic E-state index is -4.15. The van der Waals surface area contributed by atoms with E-state index in [2.05, 4.69) is 5.32 Å². The lowest BCUT2D eigenvalue weighted by atomic mass is 10.3. The largest absolute Gasteiger partial charge is 0.493 e. The minimum absolute atomic E-state index is 0.0696. The smallest absolute Gasteiger partial charge is 0.264 e. The van der Waals surface area contributed by atoms with E-state index in [9.17, 15) is 21.6 Å². The Morgan fingerprint density at radius 1 is 0.795 bits per heavy atom. The average molecular weight is 578 g/mol. The van der Waals surface area contributed by atoms with E-state index in [1.165, 1.54) is 70.8 Å². The van der Waals surface area contributed by atoms with Crippen LogP contribution < -0.4 is 23.8 Å². The maximum absolute atomic E-state index is 13.6. The second-order valence-corrected chi connectivity index (χ2v) is 12.3. The first-order valence-corrected chi connectivity index (χ1v) is 14.6. The van der Waals surface area contributed by atoms with Gasteiger partial charge < -0.3 is 19.5 Å². The summed E-state index contributed by atoms with van der Waals surface area (Å²) >= 11 is 0. The van der Waals surface area contributed by atoms with Crippen LogP contribution in [-0.4, -0.2) is 75.1 Å². The Morgan fingerprint density at radius 2 is 1.41 bits per heavy atom. The van der Waals surface area contributed by atoms with Gasteiger partial charge in [-0.05, 0) is 48.5 Å². The fourth-order valence-corrected chi connectivity index (χ4v) is 5.82. The quantitative estimate of drug-likeness (QED) is 0.306. The summed E-state index contributed by atoms with van der Waals surface area (Å²) in [5.41, 5.74) is 0.312. The Labute approximate surface area is 229 Å². The van der Waals surface area contributed by atoms with Crippen molar-refractivity contribution < 1.29 is 35.8 Å². The van der Waals surface area contributed by atoms with Crippen LogP contribution in [0, 0.1) is 0 Å². The maximum Gasteiger partial charge on any atom is 0.264 e. The molecule has 0 aliphatic rings. The van der Waals surface area contributed by atoms with Crippen molar-refractivity contribution in [2.24, 2.45) is 0 Å². The van der Waals surface area contributed by atoms with Crippen molar-refractivity contribution in [1.29, 1.82) is 0 Å². The number of methoxy groups -OCH3 is 2. The first-order valence-electron chi connectivity index (χ1n) is 11.7. The van der Waals surface area contributed by atoms with Crippen molar-refractivity contribution in [2.75, 3.05) is 52.3 Å². The number of para-hydroxylation sites is 1. The van der Waals surface area contributed by atoms with Crippen LogP contribution in [0.25, 0.3) is 0 Å². The summed E-state index contributed by atoms with van der Waals surface area (Å²) in [5, 5.41) is 2.65. The second-order valence-electron chi connectivity index (χ2n) is 8.32. The van der Waals surface area contributed by atoms with E-state index < -0.39 is 32.5 Å². The minimum Gasteiger partial charge on any atom is -0.493 e. The molecule has 3 rings (SSSR count). The Balaban J connectivity index is 1.67. The van der Waals surface area contributed by atoms with Gasteiger partial charge in [0, 0.05) is 20.2 Å². The summed E-state index contributed by atoms with van der Waals surface area (Å²) < 4.78 is 69.6. The van der Waals surface area contributed by atoms with Crippen LogP contribution in [0.1, 0.15) is 0 Å². The van der Waals surface area contributed by atoms with Gasteiger partial charge >= 0.3 is 0 Å². The lowest BCUT2D eigenvalue weighted by Crippen LogP contribution is -2.41. The van der Waals surface area contributed by atoms with Crippen LogP contribution in [0.5, 0.6) is 17.2 Å². The van der Waals surface area contributed by atoms with E-state index in [1.807, 2.05) is 0 Å². The predicted octanol–water partition coefficient (Wildman–Crippen LogP) is 2.34. The third-order valence-electron chi connectivity index (χ3n) is 5.57. The molecule has 0 fully saturated rings. The van der Waals surface area contributed by atoms with Gasteiger partial charge in [0.1, 0.15) is 18.9 Å². The molecule has 0 saturated heterocycles. The third kappa shape index (κ3) is 7.19. The van der Waals surface area contributed by atoms with Gasteiger partial charge in [-0.2, -0.15) is 0 Å². The number of benzene rings is 3. The summed E-state index contributed by atoms with van der Waals surface area (Å²) in [7, 11) is -1.96. The number of anilines is 1. The van der Waals surface area contributed by atoms with E-state index >= 15 is 0 Å². The molecule has 0 radical (unpaired) electrons. The van der Waals surface area contributed by atoms with Gasteiger partial charge in [-0.15, -0.1) is 0 Å². The molecular formula is C26H31N3O8S2. The Hall–Kier alpha value is -3.81. The molecule has 0 aromatic heterocycles. The number of carbonyl (C=O) groups is 1. The Morgan fingerprint density at radius 3 is 2.00 bits per heavy atom. The normalized spacial score (nSPS) is 11.6. The molecule has 0 aliphatic heterocycles. The molecule has 0 aliphatic carbocycles. The number of hydrogen-bond donors (Lipinski definition) is 1. The predicted molar refractivity (Wildman–Crippen MR) is 146 cm³/mol. The summed E-state index contributed by atoms with van der Waals surface area (Å²) in [6.07, 6.45) is 0. The van der Waals surface area contributed by atoms with Crippen molar-refractivity contribution in [2.45, 2.75) is 9.79 Å². The highest BCUT2D eigenvalue weighted by atomic mass is 32.2. The van der Waals surface area contributed by atoms with Gasteiger partial charge in [0.2, 0.25) is 15.9 Å². The molecule has 0 saturated carbocycles. The zero-order valence-electron chi connectivity index (χ0n) is 22.0. The Bertz CT molecular complexity index is 1480. The van der Waals surface area contributed by atoms with E-state index in [0.717, 1.165) is 8.61 Å². The van der Waals surface area contributed by atoms with Crippen LogP contribution in [-0.2, 0) is 24.8 Å². The average Bonchev–Trinajstić information content (AvgIpc) is 2.94. The molecule has 0 heterocycles. The van der Waals surface area contributed by atoms with Crippen LogP contribution in [0.15, 0.2) is 82.6 Å². The topological polar surface area (TPSA) is 132 Å². The maximum atomic E-state index is 13.6. The van der Waals surface area contributed by atoms with Crippen LogP contribution in [0.2, 0.25) is 0 Å². The molecule has 13 heteroatoms. The Kier molecular flexibility index (Phi) is 9.78. The monoisotopic (exact) mass is 577 g/mol. The lowest BCUT2D eigenvalue weighted by Gasteiger charge is -2.24. The molecular weight excluding hydrogens is 546 g/mol. The zero-order valence-corrected chi connectivity index (χ0v) is 23.7.